The average Bonchev–Trinajstić information content (AvgIpc) is 2.84. The summed E-state index contributed by atoms with van der Waals surface area (Å²) < 4.78 is 12.9. The maximum Gasteiger partial charge on any atom is 0.261 e. The Kier molecular flexibility index (Phi) is 3.36. The van der Waals surface area contributed by atoms with Gasteiger partial charge in [0, 0.05) is 23.4 Å². The lowest BCUT2D eigenvalue weighted by Crippen LogP contribution is -2.57. The van der Waals surface area contributed by atoms with E-state index in [0.29, 0.717) is 0 Å². The monoisotopic (exact) mass is 397 g/mol. The van der Waals surface area contributed by atoms with Crippen molar-refractivity contribution in [1.82, 2.24) is 4.98 Å². The molecule has 0 aliphatic carbocycles. The molecule has 1 aromatic heterocycles. The van der Waals surface area contributed by atoms with E-state index in [4.69, 9.17) is 9.47 Å². The van der Waals surface area contributed by atoms with Crippen LogP contribution >= 0.6 is 0 Å². The molecule has 31 heavy (non-hydrogen) atoms. The van der Waals surface area contributed by atoms with E-state index in [0.717, 1.165) is 39.6 Å². The standard InChI is InChI=1S/C27H16BNO2/c1-2-8-20-17(6-1)11-12-23-26(20)28-21-9-3-4-10-22(21)30-24-14-19(15-25(31-23)27(24)28)18-7-5-13-29-16-18/h1-16H. The maximum atomic E-state index is 6.51. The zero-order valence-electron chi connectivity index (χ0n) is 16.6. The second-order valence-electron chi connectivity index (χ2n) is 8.00. The Balaban J connectivity index is 1.55. The highest BCUT2D eigenvalue weighted by atomic mass is 16.5. The van der Waals surface area contributed by atoms with E-state index in [9.17, 15) is 0 Å². The minimum absolute atomic E-state index is 0.0627. The summed E-state index contributed by atoms with van der Waals surface area (Å²) in [7, 11) is 0. The van der Waals surface area contributed by atoms with Crippen molar-refractivity contribution in [3.8, 4) is 34.1 Å². The summed E-state index contributed by atoms with van der Waals surface area (Å²) in [5.74, 6) is 3.49. The fourth-order valence-electron chi connectivity index (χ4n) is 4.92. The van der Waals surface area contributed by atoms with Crippen LogP contribution in [-0.4, -0.2) is 11.7 Å². The van der Waals surface area contributed by atoms with Crippen molar-refractivity contribution < 1.29 is 9.47 Å². The Morgan fingerprint density at radius 2 is 1.42 bits per heavy atom. The van der Waals surface area contributed by atoms with Gasteiger partial charge in [-0.1, -0.05) is 54.6 Å². The van der Waals surface area contributed by atoms with E-state index in [1.807, 2.05) is 18.3 Å². The quantitative estimate of drug-likeness (QED) is 0.379. The van der Waals surface area contributed by atoms with Crippen LogP contribution in [0.15, 0.2) is 97.3 Å². The normalized spacial score (nSPS) is 13.0. The van der Waals surface area contributed by atoms with E-state index < -0.39 is 0 Å². The van der Waals surface area contributed by atoms with Gasteiger partial charge in [0.15, 0.2) is 0 Å². The molecule has 3 heterocycles. The van der Waals surface area contributed by atoms with Crippen molar-refractivity contribution >= 4 is 33.9 Å². The largest absolute Gasteiger partial charge is 0.458 e. The molecule has 4 aromatic carbocycles. The van der Waals surface area contributed by atoms with Gasteiger partial charge in [-0.15, -0.1) is 0 Å². The maximum absolute atomic E-state index is 6.51. The highest BCUT2D eigenvalue weighted by Gasteiger charge is 2.41. The van der Waals surface area contributed by atoms with E-state index in [2.05, 4.69) is 77.8 Å². The predicted molar refractivity (Wildman–Crippen MR) is 125 cm³/mol. The number of para-hydroxylation sites is 1. The molecule has 0 amide bonds. The van der Waals surface area contributed by atoms with Gasteiger partial charge in [-0.3, -0.25) is 4.98 Å². The number of pyridine rings is 1. The molecule has 0 N–H and O–H groups in total. The molecule has 2 aliphatic rings. The Hall–Kier alpha value is -4.05. The first kappa shape index (κ1) is 16.7. The topological polar surface area (TPSA) is 31.4 Å². The molecule has 0 saturated heterocycles. The van der Waals surface area contributed by atoms with Crippen LogP contribution in [0, 0.1) is 0 Å². The van der Waals surface area contributed by atoms with Crippen LogP contribution in [0.25, 0.3) is 21.9 Å². The molecule has 0 spiro atoms. The molecule has 144 valence electrons. The Labute approximate surface area is 180 Å². The molecule has 4 heteroatoms. The first-order valence-corrected chi connectivity index (χ1v) is 10.4. The molecule has 7 rings (SSSR count). The minimum atomic E-state index is 0.0627. The highest BCUT2D eigenvalue weighted by Crippen LogP contribution is 2.39. The van der Waals surface area contributed by atoms with Gasteiger partial charge in [0.25, 0.3) is 6.71 Å². The van der Waals surface area contributed by atoms with Crippen molar-refractivity contribution in [3.63, 3.8) is 0 Å². The van der Waals surface area contributed by atoms with Crippen LogP contribution in [0.1, 0.15) is 0 Å². The van der Waals surface area contributed by atoms with Crippen molar-refractivity contribution in [3.05, 3.63) is 97.3 Å². The minimum Gasteiger partial charge on any atom is -0.458 e. The third-order valence-corrected chi connectivity index (χ3v) is 6.28. The molecule has 0 bridgehead atoms. The average molecular weight is 397 g/mol. The van der Waals surface area contributed by atoms with E-state index in [1.165, 1.54) is 21.7 Å². The number of nitrogens with zero attached hydrogens (tertiary/aromatic N) is 1. The van der Waals surface area contributed by atoms with Gasteiger partial charge in [0.05, 0.1) is 0 Å². The van der Waals surface area contributed by atoms with E-state index in [-0.39, 0.29) is 6.71 Å². The fourth-order valence-corrected chi connectivity index (χ4v) is 4.92. The molecule has 0 saturated carbocycles. The number of ether oxygens (including phenoxy) is 2. The fraction of sp³-hybridized carbons (Fsp3) is 0. The van der Waals surface area contributed by atoms with Crippen molar-refractivity contribution in [2.24, 2.45) is 0 Å². The summed E-state index contributed by atoms with van der Waals surface area (Å²) in [4.78, 5) is 4.28. The predicted octanol–water partition coefficient (Wildman–Crippen LogP) is 4.63. The second kappa shape index (κ2) is 6.23. The summed E-state index contributed by atoms with van der Waals surface area (Å²) >= 11 is 0. The summed E-state index contributed by atoms with van der Waals surface area (Å²) in [6.45, 7) is 0.0627. The molecule has 2 aliphatic heterocycles. The molecule has 0 unspecified atom stereocenters. The van der Waals surface area contributed by atoms with Gasteiger partial charge in [0.1, 0.15) is 23.0 Å². The first-order valence-electron chi connectivity index (χ1n) is 10.4. The Morgan fingerprint density at radius 3 is 2.29 bits per heavy atom. The summed E-state index contributed by atoms with van der Waals surface area (Å²) in [6.07, 6.45) is 3.65. The van der Waals surface area contributed by atoms with Crippen LogP contribution in [0.4, 0.5) is 0 Å². The van der Waals surface area contributed by atoms with E-state index in [1.54, 1.807) is 6.20 Å². The zero-order valence-corrected chi connectivity index (χ0v) is 16.6. The number of hydrogen-bond acceptors (Lipinski definition) is 3. The molecule has 0 atom stereocenters. The Morgan fingerprint density at radius 1 is 0.613 bits per heavy atom. The third kappa shape index (κ3) is 2.39. The zero-order chi connectivity index (χ0) is 20.4. The van der Waals surface area contributed by atoms with Crippen molar-refractivity contribution in [2.75, 3.05) is 0 Å². The number of benzene rings is 4. The van der Waals surface area contributed by atoms with Gasteiger partial charge in [-0.25, -0.2) is 0 Å². The van der Waals surface area contributed by atoms with Gasteiger partial charge in [-0.2, -0.15) is 0 Å². The number of rotatable bonds is 1. The van der Waals surface area contributed by atoms with Crippen LogP contribution in [0.3, 0.4) is 0 Å². The van der Waals surface area contributed by atoms with E-state index >= 15 is 0 Å². The number of fused-ring (bicyclic) bond motifs is 6. The third-order valence-electron chi connectivity index (χ3n) is 6.28. The SMILES string of the molecule is c1cncc(-c2cc3c4c(c2)Oc2ccc5ccccc5c2B4c2ccccc2O3)c1. The van der Waals surface area contributed by atoms with Gasteiger partial charge in [-0.05, 0) is 57.6 Å². The Bertz CT molecular complexity index is 1480. The van der Waals surface area contributed by atoms with Crippen molar-refractivity contribution in [1.29, 1.82) is 0 Å². The molecule has 0 radical (unpaired) electrons. The number of aromatic nitrogens is 1. The highest BCUT2D eigenvalue weighted by molar-refractivity contribution is 6.99. The summed E-state index contributed by atoms with van der Waals surface area (Å²) in [5, 5.41) is 2.43. The van der Waals surface area contributed by atoms with Crippen LogP contribution in [-0.2, 0) is 0 Å². The molecule has 0 fully saturated rings. The van der Waals surface area contributed by atoms with Crippen LogP contribution in [0.2, 0.25) is 0 Å². The van der Waals surface area contributed by atoms with Gasteiger partial charge >= 0.3 is 0 Å². The van der Waals surface area contributed by atoms with Crippen molar-refractivity contribution in [2.45, 2.75) is 0 Å². The van der Waals surface area contributed by atoms with Gasteiger partial charge in [0.2, 0.25) is 0 Å². The second-order valence-corrected chi connectivity index (χ2v) is 8.00. The lowest BCUT2D eigenvalue weighted by Gasteiger charge is -2.34. The van der Waals surface area contributed by atoms with Crippen LogP contribution < -0.4 is 25.9 Å². The summed E-state index contributed by atoms with van der Waals surface area (Å²) in [6, 6.07) is 29.3. The van der Waals surface area contributed by atoms with Gasteiger partial charge < -0.3 is 9.47 Å². The first-order chi connectivity index (χ1) is 15.4. The molecular formula is C27H16BNO2. The van der Waals surface area contributed by atoms with Crippen LogP contribution in [0.5, 0.6) is 23.0 Å². The molecule has 3 nitrogen and oxygen atoms in total. The molecule has 5 aromatic rings. The lowest BCUT2D eigenvalue weighted by atomic mass is 9.34. The number of hydrogen-bond donors (Lipinski definition) is 0. The molecular weight excluding hydrogens is 381 g/mol. The lowest BCUT2D eigenvalue weighted by molar-refractivity contribution is 0.465. The smallest absolute Gasteiger partial charge is 0.261 e. The summed E-state index contributed by atoms with van der Waals surface area (Å²) in [5.41, 5.74) is 5.54.